The monoisotopic (exact) mass is 220 g/mol. The van der Waals surface area contributed by atoms with Gasteiger partial charge in [0.05, 0.1) is 0 Å². The Kier molecular flexibility index (Phi) is 3.37. The fraction of sp³-hybridized carbons (Fsp3) is 0.0625. The van der Waals surface area contributed by atoms with E-state index in [0.29, 0.717) is 17.5 Å². The van der Waals surface area contributed by atoms with Crippen molar-refractivity contribution >= 4 is 5.78 Å². The van der Waals surface area contributed by atoms with Gasteiger partial charge in [0.15, 0.2) is 5.78 Å². The van der Waals surface area contributed by atoms with Crippen molar-refractivity contribution in [3.05, 3.63) is 71.3 Å². The van der Waals surface area contributed by atoms with Crippen LogP contribution in [-0.4, -0.2) is 5.78 Å². The zero-order valence-corrected chi connectivity index (χ0v) is 9.39. The summed E-state index contributed by atoms with van der Waals surface area (Å²) in [6.07, 6.45) is 5.81. The number of rotatable bonds is 3. The number of terminal acetylenes is 1. The Balaban J connectivity index is 2.32. The van der Waals surface area contributed by atoms with Gasteiger partial charge in [-0.15, -0.1) is 12.3 Å². The Labute approximate surface area is 101 Å². The SMILES string of the molecule is C#CCc1cccc(C(=O)c2ccccc2)c1. The summed E-state index contributed by atoms with van der Waals surface area (Å²) >= 11 is 0. The van der Waals surface area contributed by atoms with E-state index in [2.05, 4.69) is 5.92 Å². The Morgan fingerprint density at radius 2 is 1.71 bits per heavy atom. The highest BCUT2D eigenvalue weighted by molar-refractivity contribution is 6.09. The summed E-state index contributed by atoms with van der Waals surface area (Å²) in [6.45, 7) is 0. The van der Waals surface area contributed by atoms with Crippen LogP contribution in [0.3, 0.4) is 0 Å². The first-order chi connectivity index (χ1) is 8.31. The predicted molar refractivity (Wildman–Crippen MR) is 68.9 cm³/mol. The lowest BCUT2D eigenvalue weighted by Crippen LogP contribution is -2.01. The summed E-state index contributed by atoms with van der Waals surface area (Å²) in [6, 6.07) is 16.7. The van der Waals surface area contributed by atoms with Gasteiger partial charge in [0.1, 0.15) is 0 Å². The molecule has 0 radical (unpaired) electrons. The standard InChI is InChI=1S/C16H12O/c1-2-7-13-8-6-11-15(12-13)16(17)14-9-4-3-5-10-14/h1,3-6,8-12H,7H2. The van der Waals surface area contributed by atoms with Crippen molar-refractivity contribution in [3.8, 4) is 12.3 Å². The van der Waals surface area contributed by atoms with Crippen LogP contribution >= 0.6 is 0 Å². The van der Waals surface area contributed by atoms with Gasteiger partial charge in [-0.25, -0.2) is 0 Å². The molecule has 0 saturated carbocycles. The molecule has 1 heteroatoms. The molecule has 0 aliphatic rings. The quantitative estimate of drug-likeness (QED) is 0.574. The second-order valence-corrected chi connectivity index (χ2v) is 3.78. The van der Waals surface area contributed by atoms with E-state index in [0.717, 1.165) is 5.56 Å². The van der Waals surface area contributed by atoms with Crippen LogP contribution in [0, 0.1) is 12.3 Å². The van der Waals surface area contributed by atoms with E-state index in [4.69, 9.17) is 6.42 Å². The summed E-state index contributed by atoms with van der Waals surface area (Å²) in [5.41, 5.74) is 2.38. The van der Waals surface area contributed by atoms with Gasteiger partial charge in [-0.1, -0.05) is 48.5 Å². The highest BCUT2D eigenvalue weighted by Crippen LogP contribution is 2.11. The molecule has 0 atom stereocenters. The molecule has 0 heterocycles. The van der Waals surface area contributed by atoms with Crippen LogP contribution in [-0.2, 0) is 6.42 Å². The fourth-order valence-electron chi connectivity index (χ4n) is 1.70. The molecule has 0 saturated heterocycles. The van der Waals surface area contributed by atoms with Gasteiger partial charge in [0.2, 0.25) is 0 Å². The molecule has 0 aromatic heterocycles. The third kappa shape index (κ3) is 2.62. The number of benzene rings is 2. The molecule has 0 fully saturated rings. The molecule has 2 aromatic rings. The van der Waals surface area contributed by atoms with Crippen LogP contribution in [0.5, 0.6) is 0 Å². The molecular formula is C16H12O. The van der Waals surface area contributed by atoms with E-state index in [1.165, 1.54) is 0 Å². The van der Waals surface area contributed by atoms with E-state index >= 15 is 0 Å². The summed E-state index contributed by atoms with van der Waals surface area (Å²) in [5, 5.41) is 0. The first kappa shape index (κ1) is 11.2. The van der Waals surface area contributed by atoms with Crippen molar-refractivity contribution in [1.82, 2.24) is 0 Å². The third-order valence-corrected chi connectivity index (χ3v) is 2.53. The van der Waals surface area contributed by atoms with E-state index in [1.807, 2.05) is 54.6 Å². The molecule has 0 bridgehead atoms. The second-order valence-electron chi connectivity index (χ2n) is 3.78. The van der Waals surface area contributed by atoms with E-state index < -0.39 is 0 Å². The molecule has 0 N–H and O–H groups in total. The molecule has 1 nitrogen and oxygen atoms in total. The van der Waals surface area contributed by atoms with Crippen molar-refractivity contribution in [3.63, 3.8) is 0 Å². The van der Waals surface area contributed by atoms with Gasteiger partial charge in [-0.05, 0) is 11.6 Å². The Morgan fingerprint density at radius 1 is 1.00 bits per heavy atom. The maximum absolute atomic E-state index is 12.2. The van der Waals surface area contributed by atoms with Gasteiger partial charge < -0.3 is 0 Å². The van der Waals surface area contributed by atoms with Crippen LogP contribution in [0.15, 0.2) is 54.6 Å². The molecule has 0 spiro atoms. The highest BCUT2D eigenvalue weighted by Gasteiger charge is 2.08. The Hall–Kier alpha value is -2.33. The minimum absolute atomic E-state index is 0.0319. The average Bonchev–Trinajstić information content (AvgIpc) is 2.40. The normalized spacial score (nSPS) is 9.59. The predicted octanol–water partition coefficient (Wildman–Crippen LogP) is 3.09. The molecule has 82 valence electrons. The summed E-state index contributed by atoms with van der Waals surface area (Å²) < 4.78 is 0. The first-order valence-corrected chi connectivity index (χ1v) is 5.43. The lowest BCUT2D eigenvalue weighted by Gasteiger charge is -2.02. The largest absolute Gasteiger partial charge is 0.289 e. The van der Waals surface area contributed by atoms with E-state index in [1.54, 1.807) is 0 Å². The van der Waals surface area contributed by atoms with Crippen molar-refractivity contribution < 1.29 is 4.79 Å². The average molecular weight is 220 g/mol. The maximum Gasteiger partial charge on any atom is 0.193 e. The van der Waals surface area contributed by atoms with Crippen molar-refractivity contribution in [1.29, 1.82) is 0 Å². The molecule has 0 aliphatic carbocycles. The second kappa shape index (κ2) is 5.14. The lowest BCUT2D eigenvalue weighted by atomic mass is 10.0. The van der Waals surface area contributed by atoms with Crippen molar-refractivity contribution in [2.45, 2.75) is 6.42 Å². The van der Waals surface area contributed by atoms with Gasteiger partial charge in [-0.2, -0.15) is 0 Å². The van der Waals surface area contributed by atoms with Gasteiger partial charge in [0.25, 0.3) is 0 Å². The topological polar surface area (TPSA) is 17.1 Å². The number of ketones is 1. The smallest absolute Gasteiger partial charge is 0.193 e. The molecule has 0 aliphatic heterocycles. The van der Waals surface area contributed by atoms with Gasteiger partial charge >= 0.3 is 0 Å². The molecule has 2 rings (SSSR count). The molecule has 17 heavy (non-hydrogen) atoms. The Morgan fingerprint density at radius 3 is 2.41 bits per heavy atom. The number of hydrogen-bond acceptors (Lipinski definition) is 1. The van der Waals surface area contributed by atoms with Crippen LogP contribution in [0.2, 0.25) is 0 Å². The van der Waals surface area contributed by atoms with Crippen LogP contribution in [0.25, 0.3) is 0 Å². The number of hydrogen-bond donors (Lipinski definition) is 0. The number of carbonyl (C=O) groups is 1. The minimum atomic E-state index is 0.0319. The van der Waals surface area contributed by atoms with Crippen LogP contribution in [0.1, 0.15) is 21.5 Å². The Bertz CT molecular complexity index is 562. The van der Waals surface area contributed by atoms with E-state index in [9.17, 15) is 4.79 Å². The van der Waals surface area contributed by atoms with Crippen LogP contribution < -0.4 is 0 Å². The lowest BCUT2D eigenvalue weighted by molar-refractivity contribution is 0.103. The highest BCUT2D eigenvalue weighted by atomic mass is 16.1. The molecule has 2 aromatic carbocycles. The van der Waals surface area contributed by atoms with Crippen molar-refractivity contribution in [2.75, 3.05) is 0 Å². The zero-order valence-electron chi connectivity index (χ0n) is 9.39. The number of carbonyl (C=O) groups excluding carboxylic acids is 1. The fourth-order valence-corrected chi connectivity index (χ4v) is 1.70. The molecular weight excluding hydrogens is 208 g/mol. The van der Waals surface area contributed by atoms with E-state index in [-0.39, 0.29) is 5.78 Å². The zero-order chi connectivity index (χ0) is 12.1. The maximum atomic E-state index is 12.2. The minimum Gasteiger partial charge on any atom is -0.289 e. The van der Waals surface area contributed by atoms with Gasteiger partial charge in [-0.3, -0.25) is 4.79 Å². The summed E-state index contributed by atoms with van der Waals surface area (Å²) in [4.78, 5) is 12.2. The first-order valence-electron chi connectivity index (χ1n) is 5.43. The van der Waals surface area contributed by atoms with Gasteiger partial charge in [0, 0.05) is 17.5 Å². The summed E-state index contributed by atoms with van der Waals surface area (Å²) in [7, 11) is 0. The third-order valence-electron chi connectivity index (χ3n) is 2.53. The molecule has 0 unspecified atom stereocenters. The van der Waals surface area contributed by atoms with Crippen molar-refractivity contribution in [2.24, 2.45) is 0 Å². The summed E-state index contributed by atoms with van der Waals surface area (Å²) in [5.74, 6) is 2.61. The molecule has 0 amide bonds. The van der Waals surface area contributed by atoms with Crippen LogP contribution in [0.4, 0.5) is 0 Å².